The standard InChI is InChI=1S/C8H8FNO2S/c9-7(8(11)12)13-6-3-1-2-5(10)4-6/h1-4,7H,10H2,(H,11,12). The fraction of sp³-hybridized carbons (Fsp3) is 0.125. The molecule has 0 amide bonds. The van der Waals surface area contributed by atoms with Crippen molar-refractivity contribution >= 4 is 23.4 Å². The van der Waals surface area contributed by atoms with Gasteiger partial charge in [0, 0.05) is 10.6 Å². The van der Waals surface area contributed by atoms with Crippen molar-refractivity contribution in [1.29, 1.82) is 0 Å². The van der Waals surface area contributed by atoms with E-state index in [1.807, 2.05) is 0 Å². The predicted molar refractivity (Wildman–Crippen MR) is 49.2 cm³/mol. The van der Waals surface area contributed by atoms with Gasteiger partial charge in [0.25, 0.3) is 0 Å². The number of rotatable bonds is 3. The van der Waals surface area contributed by atoms with Crippen molar-refractivity contribution < 1.29 is 14.3 Å². The minimum atomic E-state index is -1.94. The van der Waals surface area contributed by atoms with Gasteiger partial charge in [0.2, 0.25) is 5.50 Å². The van der Waals surface area contributed by atoms with Crippen molar-refractivity contribution in [3.63, 3.8) is 0 Å². The van der Waals surface area contributed by atoms with E-state index in [1.165, 1.54) is 6.07 Å². The zero-order valence-corrected chi connectivity index (χ0v) is 7.42. The molecule has 0 spiro atoms. The van der Waals surface area contributed by atoms with Crippen LogP contribution in [-0.4, -0.2) is 16.6 Å². The quantitative estimate of drug-likeness (QED) is 0.577. The molecule has 1 atom stereocenters. The number of hydrogen-bond donors (Lipinski definition) is 2. The number of carboxylic acid groups (broad SMARTS) is 1. The van der Waals surface area contributed by atoms with E-state index in [0.717, 1.165) is 0 Å². The topological polar surface area (TPSA) is 63.3 Å². The van der Waals surface area contributed by atoms with Gasteiger partial charge in [-0.15, -0.1) is 0 Å². The first-order chi connectivity index (χ1) is 6.09. The van der Waals surface area contributed by atoms with Crippen LogP contribution in [-0.2, 0) is 4.79 Å². The summed E-state index contributed by atoms with van der Waals surface area (Å²) in [6, 6.07) is 6.43. The molecule has 3 N–H and O–H groups in total. The Bertz CT molecular complexity index is 319. The Kier molecular flexibility index (Phi) is 3.13. The maximum Gasteiger partial charge on any atom is 0.349 e. The van der Waals surface area contributed by atoms with Gasteiger partial charge in [-0.2, -0.15) is 0 Å². The Labute approximate surface area is 78.7 Å². The van der Waals surface area contributed by atoms with Gasteiger partial charge in [0.15, 0.2) is 0 Å². The second kappa shape index (κ2) is 4.13. The Balaban J connectivity index is 2.69. The molecule has 0 aliphatic heterocycles. The summed E-state index contributed by atoms with van der Waals surface area (Å²) < 4.78 is 12.7. The van der Waals surface area contributed by atoms with Crippen molar-refractivity contribution in [3.8, 4) is 0 Å². The van der Waals surface area contributed by atoms with Crippen LogP contribution in [0.25, 0.3) is 0 Å². The van der Waals surface area contributed by atoms with Crippen molar-refractivity contribution in [2.24, 2.45) is 0 Å². The number of alkyl halides is 1. The first-order valence-electron chi connectivity index (χ1n) is 3.48. The summed E-state index contributed by atoms with van der Waals surface area (Å²) in [5, 5.41) is 8.29. The summed E-state index contributed by atoms with van der Waals surface area (Å²) in [6.45, 7) is 0. The van der Waals surface area contributed by atoms with Gasteiger partial charge in [0.05, 0.1) is 0 Å². The minimum absolute atomic E-state index is 0.489. The molecule has 0 aromatic heterocycles. The van der Waals surface area contributed by atoms with E-state index in [1.54, 1.807) is 18.2 Å². The van der Waals surface area contributed by atoms with Gasteiger partial charge < -0.3 is 10.8 Å². The molecule has 0 aliphatic carbocycles. The molecule has 1 unspecified atom stereocenters. The normalized spacial score (nSPS) is 12.4. The summed E-state index contributed by atoms with van der Waals surface area (Å²) in [5.41, 5.74) is 3.97. The zero-order valence-electron chi connectivity index (χ0n) is 6.61. The summed E-state index contributed by atoms with van der Waals surface area (Å²) in [7, 11) is 0. The van der Waals surface area contributed by atoms with Crippen LogP contribution < -0.4 is 5.73 Å². The number of nitrogen functional groups attached to an aromatic ring is 1. The summed E-state index contributed by atoms with van der Waals surface area (Å²) in [5.74, 6) is -1.48. The molecule has 13 heavy (non-hydrogen) atoms. The molecule has 0 fully saturated rings. The molecule has 0 saturated carbocycles. The lowest BCUT2D eigenvalue weighted by atomic mass is 10.3. The van der Waals surface area contributed by atoms with E-state index in [9.17, 15) is 9.18 Å². The molecule has 0 bridgehead atoms. The highest BCUT2D eigenvalue weighted by molar-refractivity contribution is 8.00. The third kappa shape index (κ3) is 2.95. The number of hydrogen-bond acceptors (Lipinski definition) is 3. The van der Waals surface area contributed by atoms with Gasteiger partial charge >= 0.3 is 5.97 Å². The molecule has 1 rings (SSSR count). The third-order valence-corrected chi connectivity index (χ3v) is 2.23. The van der Waals surface area contributed by atoms with Crippen LogP contribution in [0.15, 0.2) is 29.2 Å². The van der Waals surface area contributed by atoms with Gasteiger partial charge in [0.1, 0.15) is 0 Å². The van der Waals surface area contributed by atoms with E-state index in [-0.39, 0.29) is 0 Å². The maximum absolute atomic E-state index is 12.7. The number of carboxylic acids is 1. The van der Waals surface area contributed by atoms with Gasteiger partial charge in [-0.3, -0.25) is 0 Å². The molecule has 3 nitrogen and oxygen atoms in total. The number of carbonyl (C=O) groups is 1. The van der Waals surface area contributed by atoms with Crippen LogP contribution >= 0.6 is 11.8 Å². The fourth-order valence-corrected chi connectivity index (χ4v) is 1.46. The lowest BCUT2D eigenvalue weighted by Crippen LogP contribution is -2.09. The largest absolute Gasteiger partial charge is 0.478 e. The lowest BCUT2D eigenvalue weighted by Gasteiger charge is -2.03. The van der Waals surface area contributed by atoms with Gasteiger partial charge in [-0.05, 0) is 18.2 Å². The number of benzene rings is 1. The molecule has 0 aliphatic rings. The Morgan fingerprint density at radius 3 is 2.85 bits per heavy atom. The summed E-state index contributed by atoms with van der Waals surface area (Å²) in [4.78, 5) is 10.7. The highest BCUT2D eigenvalue weighted by Crippen LogP contribution is 2.25. The number of anilines is 1. The molecular weight excluding hydrogens is 193 g/mol. The number of aliphatic carboxylic acids is 1. The third-order valence-electron chi connectivity index (χ3n) is 1.29. The number of thioether (sulfide) groups is 1. The van der Waals surface area contributed by atoms with Crippen molar-refractivity contribution in [3.05, 3.63) is 24.3 Å². The minimum Gasteiger partial charge on any atom is -0.478 e. The first-order valence-corrected chi connectivity index (χ1v) is 4.36. The monoisotopic (exact) mass is 201 g/mol. The zero-order chi connectivity index (χ0) is 9.84. The molecule has 1 aromatic carbocycles. The molecule has 0 radical (unpaired) electrons. The Morgan fingerprint density at radius 2 is 2.31 bits per heavy atom. The van der Waals surface area contributed by atoms with Crippen LogP contribution in [0.3, 0.4) is 0 Å². The average molecular weight is 201 g/mol. The van der Waals surface area contributed by atoms with Crippen LogP contribution in [0, 0.1) is 0 Å². The van der Waals surface area contributed by atoms with Crippen molar-refractivity contribution in [1.82, 2.24) is 0 Å². The second-order valence-corrected chi connectivity index (χ2v) is 3.47. The highest BCUT2D eigenvalue weighted by atomic mass is 32.2. The number of halogens is 1. The van der Waals surface area contributed by atoms with E-state index in [0.29, 0.717) is 22.3 Å². The maximum atomic E-state index is 12.7. The molecule has 70 valence electrons. The molecule has 1 aromatic rings. The Hall–Kier alpha value is -1.23. The summed E-state index contributed by atoms with van der Waals surface area (Å²) in [6.07, 6.45) is 0. The predicted octanol–water partition coefficient (Wildman–Crippen LogP) is 1.74. The van der Waals surface area contributed by atoms with E-state index in [4.69, 9.17) is 10.8 Å². The molecule has 0 saturated heterocycles. The van der Waals surface area contributed by atoms with Crippen LogP contribution in [0.4, 0.5) is 10.1 Å². The first kappa shape index (κ1) is 9.85. The second-order valence-electron chi connectivity index (χ2n) is 2.34. The van der Waals surface area contributed by atoms with Gasteiger partial charge in [-0.1, -0.05) is 17.8 Å². The van der Waals surface area contributed by atoms with Crippen molar-refractivity contribution in [2.75, 3.05) is 5.73 Å². The molecular formula is C8H8FNO2S. The number of nitrogens with two attached hydrogens (primary N) is 1. The average Bonchev–Trinajstić information content (AvgIpc) is 2.04. The van der Waals surface area contributed by atoms with E-state index >= 15 is 0 Å². The van der Waals surface area contributed by atoms with E-state index in [2.05, 4.69) is 0 Å². The fourth-order valence-electron chi connectivity index (χ4n) is 0.758. The molecule has 5 heteroatoms. The smallest absolute Gasteiger partial charge is 0.349 e. The van der Waals surface area contributed by atoms with Crippen molar-refractivity contribution in [2.45, 2.75) is 10.4 Å². The lowest BCUT2D eigenvalue weighted by molar-refractivity contribution is -0.139. The van der Waals surface area contributed by atoms with E-state index < -0.39 is 11.5 Å². The van der Waals surface area contributed by atoms with Gasteiger partial charge in [-0.25, -0.2) is 9.18 Å². The highest BCUT2D eigenvalue weighted by Gasteiger charge is 2.16. The Morgan fingerprint density at radius 1 is 1.62 bits per heavy atom. The van der Waals surface area contributed by atoms with Crippen LogP contribution in [0.5, 0.6) is 0 Å². The SMILES string of the molecule is Nc1cccc(SC(F)C(=O)O)c1. The van der Waals surface area contributed by atoms with Crippen LogP contribution in [0.2, 0.25) is 0 Å². The van der Waals surface area contributed by atoms with Crippen LogP contribution in [0.1, 0.15) is 0 Å². The molecule has 0 heterocycles. The summed E-state index contributed by atoms with van der Waals surface area (Å²) >= 11 is 0.620.